The van der Waals surface area contributed by atoms with Crippen molar-refractivity contribution in [2.45, 2.75) is 118 Å². The summed E-state index contributed by atoms with van der Waals surface area (Å²) in [7, 11) is 0. The Hall–Kier alpha value is -0.910. The number of carbonyl (C=O) groups excluding carboxylic acids is 1. The fourth-order valence-electron chi connectivity index (χ4n) is 10.9. The highest BCUT2D eigenvalue weighted by Crippen LogP contribution is 2.75. The zero-order valence-corrected chi connectivity index (χ0v) is 23.2. The van der Waals surface area contributed by atoms with Crippen LogP contribution in [0.4, 0.5) is 0 Å². The van der Waals surface area contributed by atoms with Gasteiger partial charge < -0.3 is 10.2 Å². The Balaban J connectivity index is 1.61. The maximum absolute atomic E-state index is 13.3. The molecule has 0 aromatic rings. The van der Waals surface area contributed by atoms with Gasteiger partial charge in [0.2, 0.25) is 5.91 Å². The van der Waals surface area contributed by atoms with E-state index in [1.54, 1.807) is 0 Å². The first-order chi connectivity index (χ1) is 16.1. The van der Waals surface area contributed by atoms with Gasteiger partial charge in [-0.2, -0.15) is 0 Å². The molecule has 5 nitrogen and oxygen atoms in total. The van der Waals surface area contributed by atoms with Gasteiger partial charge in [-0.3, -0.25) is 10.2 Å². The SMILES string of the molecule is CC1(C)CC[C@]2(C(=O)NN)CC[C@]3(C)C(=CC[C@H]4[C@@]5(C)C[C@H](O)[C@H](O)C(C)(C)[C@@H]5CC[C@]43C)[C@@H]2C1. The van der Waals surface area contributed by atoms with Crippen LogP contribution in [0.1, 0.15) is 106 Å². The van der Waals surface area contributed by atoms with Gasteiger partial charge in [0.25, 0.3) is 0 Å². The van der Waals surface area contributed by atoms with Crippen LogP contribution in [0, 0.1) is 50.2 Å². The summed E-state index contributed by atoms with van der Waals surface area (Å²) in [6.45, 7) is 16.5. The molecular weight excluding hydrogens is 436 g/mol. The lowest BCUT2D eigenvalue weighted by Gasteiger charge is -2.71. The molecule has 5 heteroatoms. The summed E-state index contributed by atoms with van der Waals surface area (Å²) in [4.78, 5) is 13.3. The molecule has 0 radical (unpaired) electrons. The molecule has 4 saturated carbocycles. The molecule has 198 valence electrons. The summed E-state index contributed by atoms with van der Waals surface area (Å²) in [6, 6.07) is 0. The minimum atomic E-state index is -0.668. The summed E-state index contributed by atoms with van der Waals surface area (Å²) in [6.07, 6.45) is 10.1. The molecule has 1 amide bonds. The van der Waals surface area contributed by atoms with E-state index in [1.165, 1.54) is 5.57 Å². The quantitative estimate of drug-likeness (QED) is 0.179. The van der Waals surface area contributed by atoms with E-state index in [2.05, 4.69) is 60.0 Å². The third kappa shape index (κ3) is 3.13. The lowest BCUT2D eigenvalue weighted by atomic mass is 9.33. The molecule has 5 N–H and O–H groups in total. The fourth-order valence-corrected chi connectivity index (χ4v) is 10.9. The second-order valence-corrected chi connectivity index (χ2v) is 15.4. The van der Waals surface area contributed by atoms with E-state index in [0.29, 0.717) is 18.3 Å². The summed E-state index contributed by atoms with van der Waals surface area (Å²) >= 11 is 0. The van der Waals surface area contributed by atoms with E-state index in [1.807, 2.05) is 0 Å². The van der Waals surface area contributed by atoms with Crippen molar-refractivity contribution in [2.75, 3.05) is 0 Å². The molecule has 5 aliphatic carbocycles. The number of hydrazine groups is 1. The van der Waals surface area contributed by atoms with Gasteiger partial charge in [0.1, 0.15) is 0 Å². The number of fused-ring (bicyclic) bond motifs is 7. The summed E-state index contributed by atoms with van der Waals surface area (Å²) < 4.78 is 0. The molecular formula is C30H50N2O3. The van der Waals surface area contributed by atoms with Crippen LogP contribution >= 0.6 is 0 Å². The zero-order chi connectivity index (χ0) is 25.8. The number of aliphatic hydroxyl groups excluding tert-OH is 2. The van der Waals surface area contributed by atoms with Gasteiger partial charge in [0.15, 0.2) is 0 Å². The largest absolute Gasteiger partial charge is 0.390 e. The molecule has 5 rings (SSSR count). The molecule has 35 heavy (non-hydrogen) atoms. The van der Waals surface area contributed by atoms with Gasteiger partial charge >= 0.3 is 0 Å². The molecule has 9 atom stereocenters. The molecule has 0 unspecified atom stereocenters. The van der Waals surface area contributed by atoms with Crippen LogP contribution in [-0.2, 0) is 4.79 Å². The van der Waals surface area contributed by atoms with E-state index in [9.17, 15) is 15.0 Å². The van der Waals surface area contributed by atoms with E-state index in [4.69, 9.17) is 5.84 Å². The van der Waals surface area contributed by atoms with Crippen LogP contribution in [0.15, 0.2) is 11.6 Å². The number of nitrogens with two attached hydrogens (primary N) is 1. The number of hydrogen-bond donors (Lipinski definition) is 4. The fraction of sp³-hybridized carbons (Fsp3) is 0.900. The molecule has 0 aromatic heterocycles. The summed E-state index contributed by atoms with van der Waals surface area (Å²) in [5.74, 6) is 6.91. The normalized spacial score (nSPS) is 52.2. The Bertz CT molecular complexity index is 942. The van der Waals surface area contributed by atoms with Gasteiger partial charge in [0.05, 0.1) is 17.6 Å². The van der Waals surface area contributed by atoms with E-state index >= 15 is 0 Å². The number of allylic oxidation sites excluding steroid dienone is 2. The van der Waals surface area contributed by atoms with Crippen LogP contribution < -0.4 is 11.3 Å². The molecule has 4 fully saturated rings. The van der Waals surface area contributed by atoms with Crippen molar-refractivity contribution in [3.63, 3.8) is 0 Å². The number of amides is 1. The molecule has 0 bridgehead atoms. The number of hydrogen-bond acceptors (Lipinski definition) is 4. The number of nitrogens with one attached hydrogen (secondary N) is 1. The van der Waals surface area contributed by atoms with Crippen LogP contribution in [-0.4, -0.2) is 28.3 Å². The average molecular weight is 487 g/mol. The number of rotatable bonds is 1. The summed E-state index contributed by atoms with van der Waals surface area (Å²) in [5, 5.41) is 21.9. The molecule has 0 spiro atoms. The third-order valence-corrected chi connectivity index (χ3v) is 13.2. The molecule has 0 heterocycles. The van der Waals surface area contributed by atoms with Gasteiger partial charge in [-0.25, -0.2) is 5.84 Å². The topological polar surface area (TPSA) is 95.6 Å². The van der Waals surface area contributed by atoms with Crippen molar-refractivity contribution in [3.05, 3.63) is 11.6 Å². The van der Waals surface area contributed by atoms with Gasteiger partial charge in [-0.15, -0.1) is 0 Å². The number of carbonyl (C=O) groups is 1. The standard InChI is InChI=1S/C30H50N2O3/c1-25(2)12-14-30(24(35)32-31)15-13-28(6)18(19(30)16-25)8-9-22-27(5)17-20(33)23(34)26(3,4)21(27)10-11-29(22,28)7/h8,19-23,33-34H,9-17,31H2,1-7H3,(H,32,35)/t19-,20-,21-,22-,23-,27-,28+,29+,30-/m0/s1. The first kappa shape index (κ1) is 25.7. The average Bonchev–Trinajstić information content (AvgIpc) is 2.77. The second kappa shape index (κ2) is 7.57. The Morgan fingerprint density at radius 1 is 0.943 bits per heavy atom. The van der Waals surface area contributed by atoms with Crippen molar-refractivity contribution in [1.29, 1.82) is 0 Å². The van der Waals surface area contributed by atoms with Crippen LogP contribution in [0.25, 0.3) is 0 Å². The molecule has 0 saturated heterocycles. The van der Waals surface area contributed by atoms with Crippen molar-refractivity contribution in [1.82, 2.24) is 5.43 Å². The predicted octanol–water partition coefficient (Wildman–Crippen LogP) is 5.11. The molecule has 0 aliphatic heterocycles. The Morgan fingerprint density at radius 2 is 1.60 bits per heavy atom. The highest BCUT2D eigenvalue weighted by molar-refractivity contribution is 5.83. The van der Waals surface area contributed by atoms with Crippen molar-refractivity contribution < 1.29 is 15.0 Å². The van der Waals surface area contributed by atoms with Crippen molar-refractivity contribution in [2.24, 2.45) is 56.1 Å². The first-order valence-corrected chi connectivity index (χ1v) is 14.2. The zero-order valence-electron chi connectivity index (χ0n) is 23.2. The monoisotopic (exact) mass is 486 g/mol. The summed E-state index contributed by atoms with van der Waals surface area (Å²) in [5.41, 5.74) is 3.75. The van der Waals surface area contributed by atoms with Gasteiger partial charge in [-0.05, 0) is 103 Å². The lowest BCUT2D eigenvalue weighted by Crippen LogP contribution is -2.67. The van der Waals surface area contributed by atoms with E-state index in [-0.39, 0.29) is 44.3 Å². The van der Waals surface area contributed by atoms with Crippen molar-refractivity contribution in [3.8, 4) is 0 Å². The van der Waals surface area contributed by atoms with Crippen LogP contribution in [0.2, 0.25) is 0 Å². The maximum atomic E-state index is 13.3. The highest BCUT2D eigenvalue weighted by atomic mass is 16.3. The first-order valence-electron chi connectivity index (χ1n) is 14.2. The predicted molar refractivity (Wildman–Crippen MR) is 139 cm³/mol. The minimum Gasteiger partial charge on any atom is -0.390 e. The van der Waals surface area contributed by atoms with E-state index < -0.39 is 12.2 Å². The molecule has 0 aromatic carbocycles. The minimum absolute atomic E-state index is 0.0187. The highest BCUT2D eigenvalue weighted by Gasteiger charge is 2.69. The van der Waals surface area contributed by atoms with Gasteiger partial charge in [0, 0.05) is 0 Å². The second-order valence-electron chi connectivity index (χ2n) is 15.4. The van der Waals surface area contributed by atoms with Crippen LogP contribution in [0.5, 0.6) is 0 Å². The molecule has 5 aliphatic rings. The maximum Gasteiger partial charge on any atom is 0.240 e. The Kier molecular flexibility index (Phi) is 5.56. The van der Waals surface area contributed by atoms with Crippen molar-refractivity contribution >= 4 is 5.91 Å². The Morgan fingerprint density at radius 3 is 2.26 bits per heavy atom. The number of aliphatic hydroxyl groups is 2. The van der Waals surface area contributed by atoms with Gasteiger partial charge in [-0.1, -0.05) is 60.1 Å². The lowest BCUT2D eigenvalue weighted by molar-refractivity contribution is -0.231. The van der Waals surface area contributed by atoms with E-state index in [0.717, 1.165) is 51.4 Å². The third-order valence-electron chi connectivity index (χ3n) is 13.2. The Labute approximate surface area is 212 Å². The smallest absolute Gasteiger partial charge is 0.240 e. The van der Waals surface area contributed by atoms with Crippen LogP contribution in [0.3, 0.4) is 0 Å².